The molecule has 0 radical (unpaired) electrons. The first kappa shape index (κ1) is 21.7. The molecule has 2 aromatic heterocycles. The highest BCUT2D eigenvalue weighted by atomic mass is 32.2. The summed E-state index contributed by atoms with van der Waals surface area (Å²) in [5.74, 6) is 1.46. The minimum atomic E-state index is -0.116. The van der Waals surface area contributed by atoms with Crippen molar-refractivity contribution in [2.24, 2.45) is 0 Å². The molecule has 1 aliphatic heterocycles. The number of ether oxygens (including phenoxy) is 1. The molecule has 9 heteroatoms. The van der Waals surface area contributed by atoms with Gasteiger partial charge in [-0.1, -0.05) is 11.8 Å². The van der Waals surface area contributed by atoms with Crippen LogP contribution in [0, 0.1) is 6.92 Å². The number of thiophene rings is 1. The summed E-state index contributed by atoms with van der Waals surface area (Å²) in [7, 11) is 1.61. The van der Waals surface area contributed by atoms with E-state index in [1.807, 2.05) is 25.1 Å². The van der Waals surface area contributed by atoms with Crippen molar-refractivity contribution in [2.45, 2.75) is 30.8 Å². The number of fused-ring (bicyclic) bond motifs is 1. The van der Waals surface area contributed by atoms with Gasteiger partial charge in [-0.2, -0.15) is 0 Å². The second-order valence-electron chi connectivity index (χ2n) is 7.35. The molecule has 162 valence electrons. The Labute approximate surface area is 189 Å². The van der Waals surface area contributed by atoms with Crippen LogP contribution in [0.5, 0.6) is 5.75 Å². The molecule has 1 atom stereocenters. The first-order valence-electron chi connectivity index (χ1n) is 10.1. The number of aromatic nitrogens is 2. The van der Waals surface area contributed by atoms with Gasteiger partial charge in [-0.3, -0.25) is 9.59 Å². The lowest BCUT2D eigenvalue weighted by Crippen LogP contribution is -2.45. The molecule has 2 N–H and O–H groups in total. The zero-order chi connectivity index (χ0) is 21.8. The zero-order valence-electron chi connectivity index (χ0n) is 17.4. The summed E-state index contributed by atoms with van der Waals surface area (Å²) in [6.07, 6.45) is 2.03. The van der Waals surface area contributed by atoms with E-state index >= 15 is 0 Å². The van der Waals surface area contributed by atoms with Crippen LogP contribution >= 0.6 is 23.1 Å². The van der Waals surface area contributed by atoms with Crippen LogP contribution in [0.3, 0.4) is 0 Å². The first-order valence-corrected chi connectivity index (χ1v) is 11.9. The maximum atomic E-state index is 12.8. The quantitative estimate of drug-likeness (QED) is 0.319. The van der Waals surface area contributed by atoms with E-state index in [0.717, 1.165) is 47.6 Å². The molecular formula is C22H24N4O3S2. The average Bonchev–Trinajstić information content (AvgIpc) is 3.28. The van der Waals surface area contributed by atoms with E-state index in [4.69, 9.17) is 4.74 Å². The number of amides is 1. The van der Waals surface area contributed by atoms with Crippen LogP contribution in [0.4, 0.5) is 0 Å². The number of piperidine rings is 1. The molecule has 1 saturated heterocycles. The monoisotopic (exact) mass is 456 g/mol. The molecule has 3 aromatic rings. The largest absolute Gasteiger partial charge is 0.497 e. The standard InChI is InChI=1S/C22H24N4O3S2/c1-13-24-17-6-5-15(29-2)10-16(17)22(25-13)30-12-18(27)19-7-8-20(31-19)21(28)26-14-4-3-9-23-11-14/h5-8,10,14,23H,3-4,9,11-12H2,1-2H3,(H,26,28). The Kier molecular flexibility index (Phi) is 6.84. The minimum absolute atomic E-state index is 0.0271. The topological polar surface area (TPSA) is 93.2 Å². The van der Waals surface area contributed by atoms with E-state index in [1.54, 1.807) is 19.2 Å². The molecule has 1 amide bonds. The van der Waals surface area contributed by atoms with Crippen molar-refractivity contribution >= 4 is 45.7 Å². The second kappa shape index (κ2) is 9.76. The van der Waals surface area contributed by atoms with Crippen molar-refractivity contribution in [3.63, 3.8) is 0 Å². The Morgan fingerprint density at radius 3 is 2.87 bits per heavy atom. The van der Waals surface area contributed by atoms with E-state index in [-0.39, 0.29) is 23.5 Å². The Bertz CT molecular complexity index is 1110. The van der Waals surface area contributed by atoms with Crippen LogP contribution in [0.15, 0.2) is 35.4 Å². The molecular weight excluding hydrogens is 432 g/mol. The fourth-order valence-corrected chi connectivity index (χ4v) is 5.35. The molecule has 3 heterocycles. The van der Waals surface area contributed by atoms with E-state index < -0.39 is 0 Å². The molecule has 1 fully saturated rings. The van der Waals surface area contributed by atoms with Crippen LogP contribution in [0.25, 0.3) is 10.9 Å². The Balaban J connectivity index is 1.43. The summed E-state index contributed by atoms with van der Waals surface area (Å²) in [4.78, 5) is 35.4. The number of ketones is 1. The predicted molar refractivity (Wildman–Crippen MR) is 124 cm³/mol. The van der Waals surface area contributed by atoms with Crippen LogP contribution in [-0.2, 0) is 0 Å². The summed E-state index contributed by atoms with van der Waals surface area (Å²) in [6.45, 7) is 3.62. The highest BCUT2D eigenvalue weighted by Gasteiger charge is 2.19. The SMILES string of the molecule is COc1ccc2nc(C)nc(SCC(=O)c3ccc(C(=O)NC4CCCNC4)s3)c2c1. The number of rotatable bonds is 7. The second-order valence-corrected chi connectivity index (χ2v) is 9.40. The van der Waals surface area contributed by atoms with Gasteiger partial charge < -0.3 is 15.4 Å². The number of Topliss-reactive ketones (excluding diaryl/α,β-unsaturated/α-hetero) is 1. The number of benzene rings is 1. The number of carbonyl (C=O) groups is 2. The first-order chi connectivity index (χ1) is 15.0. The summed E-state index contributed by atoms with van der Waals surface area (Å²) < 4.78 is 5.31. The fraction of sp³-hybridized carbons (Fsp3) is 0.364. The van der Waals surface area contributed by atoms with Gasteiger partial charge in [0.05, 0.1) is 28.1 Å². The number of methoxy groups -OCH3 is 1. The highest BCUT2D eigenvalue weighted by molar-refractivity contribution is 8.00. The normalized spacial score (nSPS) is 16.3. The number of hydrogen-bond acceptors (Lipinski definition) is 8. The van der Waals surface area contributed by atoms with Crippen LogP contribution < -0.4 is 15.4 Å². The average molecular weight is 457 g/mol. The maximum Gasteiger partial charge on any atom is 0.261 e. The lowest BCUT2D eigenvalue weighted by atomic mass is 10.1. The Morgan fingerprint density at radius 1 is 1.26 bits per heavy atom. The highest BCUT2D eigenvalue weighted by Crippen LogP contribution is 2.29. The van der Waals surface area contributed by atoms with Gasteiger partial charge in [-0.15, -0.1) is 11.3 Å². The van der Waals surface area contributed by atoms with Crippen LogP contribution in [-0.4, -0.2) is 53.7 Å². The third kappa shape index (κ3) is 5.23. The lowest BCUT2D eigenvalue weighted by molar-refractivity contribution is 0.0934. The van der Waals surface area contributed by atoms with Gasteiger partial charge in [-0.25, -0.2) is 9.97 Å². The molecule has 0 spiro atoms. The molecule has 0 bridgehead atoms. The Morgan fingerprint density at radius 2 is 2.10 bits per heavy atom. The van der Waals surface area contributed by atoms with E-state index in [9.17, 15) is 9.59 Å². The minimum Gasteiger partial charge on any atom is -0.497 e. The molecule has 1 aliphatic rings. The van der Waals surface area contributed by atoms with Crippen LogP contribution in [0.1, 0.15) is 38.0 Å². The number of aryl methyl sites for hydroxylation is 1. The number of thioether (sulfide) groups is 1. The molecule has 7 nitrogen and oxygen atoms in total. The van der Waals surface area contributed by atoms with Crippen molar-refractivity contribution < 1.29 is 14.3 Å². The summed E-state index contributed by atoms with van der Waals surface area (Å²) >= 11 is 2.61. The molecule has 31 heavy (non-hydrogen) atoms. The van der Waals surface area contributed by atoms with Crippen molar-refractivity contribution in [3.05, 3.63) is 45.9 Å². The third-order valence-electron chi connectivity index (χ3n) is 5.06. The van der Waals surface area contributed by atoms with Gasteiger partial charge in [0.25, 0.3) is 5.91 Å². The molecule has 0 saturated carbocycles. The van der Waals surface area contributed by atoms with Gasteiger partial charge in [-0.05, 0) is 56.6 Å². The number of carbonyl (C=O) groups excluding carboxylic acids is 2. The van der Waals surface area contributed by atoms with Gasteiger partial charge >= 0.3 is 0 Å². The van der Waals surface area contributed by atoms with Crippen molar-refractivity contribution in [1.29, 1.82) is 0 Å². The number of hydrogen-bond donors (Lipinski definition) is 2. The lowest BCUT2D eigenvalue weighted by Gasteiger charge is -2.23. The van der Waals surface area contributed by atoms with Gasteiger partial charge in [0.2, 0.25) is 0 Å². The molecule has 4 rings (SSSR count). The van der Waals surface area contributed by atoms with E-state index in [1.165, 1.54) is 23.1 Å². The summed E-state index contributed by atoms with van der Waals surface area (Å²) in [6, 6.07) is 9.23. The summed E-state index contributed by atoms with van der Waals surface area (Å²) in [5.41, 5.74) is 0.815. The van der Waals surface area contributed by atoms with Crippen molar-refractivity contribution in [2.75, 3.05) is 26.0 Å². The molecule has 1 unspecified atom stereocenters. The van der Waals surface area contributed by atoms with Crippen LogP contribution in [0.2, 0.25) is 0 Å². The number of nitrogens with zero attached hydrogens (tertiary/aromatic N) is 2. The van der Waals surface area contributed by atoms with E-state index in [0.29, 0.717) is 15.6 Å². The van der Waals surface area contributed by atoms with Gasteiger partial charge in [0.15, 0.2) is 5.78 Å². The smallest absolute Gasteiger partial charge is 0.261 e. The van der Waals surface area contributed by atoms with Crippen molar-refractivity contribution in [3.8, 4) is 5.75 Å². The summed E-state index contributed by atoms with van der Waals surface area (Å²) in [5, 5.41) is 7.93. The maximum absolute atomic E-state index is 12.8. The predicted octanol–water partition coefficient (Wildman–Crippen LogP) is 3.47. The zero-order valence-corrected chi connectivity index (χ0v) is 19.1. The van der Waals surface area contributed by atoms with Gasteiger partial charge in [0, 0.05) is 18.0 Å². The molecule has 1 aromatic carbocycles. The fourth-order valence-electron chi connectivity index (χ4n) is 3.47. The molecule has 0 aliphatic carbocycles. The van der Waals surface area contributed by atoms with E-state index in [2.05, 4.69) is 20.6 Å². The Hall–Kier alpha value is -2.49. The number of nitrogens with one attached hydrogen (secondary N) is 2. The third-order valence-corrected chi connectivity index (χ3v) is 7.17. The van der Waals surface area contributed by atoms with Crippen molar-refractivity contribution in [1.82, 2.24) is 20.6 Å². The van der Waals surface area contributed by atoms with Gasteiger partial charge in [0.1, 0.15) is 16.6 Å².